The van der Waals surface area contributed by atoms with Crippen molar-refractivity contribution in [3.05, 3.63) is 35.7 Å². The van der Waals surface area contributed by atoms with Gasteiger partial charge in [-0.1, -0.05) is 29.4 Å². The highest BCUT2D eigenvalue weighted by Gasteiger charge is 2.38. The van der Waals surface area contributed by atoms with Crippen LogP contribution in [0.1, 0.15) is 29.1 Å². The Balaban J connectivity index is 1.53. The molecule has 0 aliphatic heterocycles. The number of nitrogens with one attached hydrogen (secondary N) is 2. The van der Waals surface area contributed by atoms with E-state index < -0.39 is 23.8 Å². The fraction of sp³-hybridized carbons (Fsp3) is 0.353. The fourth-order valence-corrected chi connectivity index (χ4v) is 2.29. The number of nitrogens with zero attached hydrogens (tertiary/aromatic N) is 2. The second-order valence-electron chi connectivity index (χ2n) is 6.15. The van der Waals surface area contributed by atoms with Crippen molar-refractivity contribution in [3.63, 3.8) is 0 Å². The predicted molar refractivity (Wildman–Crippen MR) is 87.8 cm³/mol. The van der Waals surface area contributed by atoms with Crippen molar-refractivity contribution in [1.29, 1.82) is 0 Å². The van der Waals surface area contributed by atoms with Crippen LogP contribution in [0.4, 0.5) is 13.2 Å². The van der Waals surface area contributed by atoms with Gasteiger partial charge in [0.1, 0.15) is 0 Å². The van der Waals surface area contributed by atoms with Crippen LogP contribution in [0.15, 0.2) is 28.8 Å². The van der Waals surface area contributed by atoms with Gasteiger partial charge in [-0.3, -0.25) is 14.4 Å². The lowest BCUT2D eigenvalue weighted by Gasteiger charge is -2.06. The Morgan fingerprint density at radius 3 is 2.29 bits per heavy atom. The van der Waals surface area contributed by atoms with Crippen molar-refractivity contribution in [2.75, 3.05) is 13.1 Å². The van der Waals surface area contributed by atoms with Crippen LogP contribution in [0.25, 0.3) is 11.4 Å². The van der Waals surface area contributed by atoms with Crippen molar-refractivity contribution < 1.29 is 32.1 Å². The average Bonchev–Trinajstić information content (AvgIpc) is 3.39. The maximum Gasteiger partial charge on any atom is 0.471 e. The van der Waals surface area contributed by atoms with Crippen molar-refractivity contribution >= 4 is 17.6 Å². The number of halogens is 3. The number of alkyl halides is 3. The number of ketones is 1. The molecule has 0 saturated heterocycles. The molecule has 2 amide bonds. The first-order valence-electron chi connectivity index (χ1n) is 8.37. The normalized spacial score (nSPS) is 13.8. The summed E-state index contributed by atoms with van der Waals surface area (Å²) in [6.45, 7) is 0.316. The van der Waals surface area contributed by atoms with Gasteiger partial charge >= 0.3 is 12.1 Å². The van der Waals surface area contributed by atoms with Crippen molar-refractivity contribution in [1.82, 2.24) is 20.8 Å². The number of carbonyl (C=O) groups excluding carboxylic acids is 3. The van der Waals surface area contributed by atoms with E-state index in [9.17, 15) is 27.6 Å². The molecule has 148 valence electrons. The molecule has 1 heterocycles. The molecule has 0 bridgehead atoms. The van der Waals surface area contributed by atoms with Gasteiger partial charge in [0.05, 0.1) is 0 Å². The lowest BCUT2D eigenvalue weighted by molar-refractivity contribution is -0.159. The molecule has 1 fully saturated rings. The van der Waals surface area contributed by atoms with Crippen LogP contribution >= 0.6 is 0 Å². The van der Waals surface area contributed by atoms with E-state index in [0.29, 0.717) is 0 Å². The molecule has 1 aliphatic rings. The van der Waals surface area contributed by atoms with Gasteiger partial charge in [-0.25, -0.2) is 0 Å². The zero-order valence-corrected chi connectivity index (χ0v) is 14.4. The number of benzene rings is 1. The van der Waals surface area contributed by atoms with Gasteiger partial charge in [0.2, 0.25) is 17.5 Å². The molecule has 0 atom stereocenters. The third kappa shape index (κ3) is 4.72. The summed E-state index contributed by atoms with van der Waals surface area (Å²) in [5, 5.41) is 8.28. The first kappa shape index (κ1) is 19.5. The smallest absolute Gasteiger partial charge is 0.354 e. The fourth-order valence-electron chi connectivity index (χ4n) is 2.29. The molecule has 0 spiro atoms. The molecule has 1 saturated carbocycles. The Kier molecular flexibility index (Phi) is 5.43. The number of hydrogen-bond acceptors (Lipinski definition) is 6. The summed E-state index contributed by atoms with van der Waals surface area (Å²) >= 11 is 0. The molecule has 1 aliphatic carbocycles. The molecule has 2 N–H and O–H groups in total. The summed E-state index contributed by atoms with van der Waals surface area (Å²) in [5.74, 6) is -3.44. The van der Waals surface area contributed by atoms with E-state index in [4.69, 9.17) is 0 Å². The maximum absolute atomic E-state index is 12.5. The molecule has 1 aromatic carbocycles. The number of carbonyl (C=O) groups is 3. The molecule has 1 aromatic heterocycles. The second kappa shape index (κ2) is 7.79. The van der Waals surface area contributed by atoms with Gasteiger partial charge in [-0.2, -0.15) is 18.2 Å². The number of rotatable bonds is 7. The molecule has 0 radical (unpaired) electrons. The summed E-state index contributed by atoms with van der Waals surface area (Å²) in [6, 6.07) is 5.16. The lowest BCUT2D eigenvalue weighted by atomic mass is 10.1. The van der Waals surface area contributed by atoms with Crippen molar-refractivity contribution in [2.45, 2.75) is 19.0 Å². The summed E-state index contributed by atoms with van der Waals surface area (Å²) in [5.41, 5.74) is 0.238. The maximum atomic E-state index is 12.5. The molecule has 8 nitrogen and oxygen atoms in total. The van der Waals surface area contributed by atoms with Crippen LogP contribution in [0.2, 0.25) is 0 Å². The first-order chi connectivity index (χ1) is 13.3. The van der Waals surface area contributed by atoms with E-state index >= 15 is 0 Å². The highest BCUT2D eigenvalue weighted by Crippen LogP contribution is 2.29. The Hall–Kier alpha value is -3.24. The van der Waals surface area contributed by atoms with Crippen molar-refractivity contribution in [2.24, 2.45) is 5.92 Å². The SMILES string of the molecule is O=C(NCCNC(=O)C1CC1)C(=O)c1ccc(-c2noc(C(F)(F)F)n2)cc1. The van der Waals surface area contributed by atoms with Crippen LogP contribution in [-0.2, 0) is 15.8 Å². The molecule has 28 heavy (non-hydrogen) atoms. The summed E-state index contributed by atoms with van der Waals surface area (Å²) in [4.78, 5) is 38.6. The van der Waals surface area contributed by atoms with Gasteiger partial charge < -0.3 is 15.2 Å². The van der Waals surface area contributed by atoms with Crippen molar-refractivity contribution in [3.8, 4) is 11.4 Å². The number of amides is 2. The summed E-state index contributed by atoms with van der Waals surface area (Å²) in [7, 11) is 0. The Morgan fingerprint density at radius 2 is 1.71 bits per heavy atom. The third-order valence-electron chi connectivity index (χ3n) is 3.94. The van der Waals surface area contributed by atoms with Gasteiger partial charge in [0.15, 0.2) is 0 Å². The highest BCUT2D eigenvalue weighted by atomic mass is 19.4. The quantitative estimate of drug-likeness (QED) is 0.417. The summed E-state index contributed by atoms with van der Waals surface area (Å²) in [6.07, 6.45) is -3.01. The van der Waals surface area contributed by atoms with Gasteiger partial charge in [-0.15, -0.1) is 0 Å². The van der Waals surface area contributed by atoms with Gasteiger partial charge in [-0.05, 0) is 12.8 Å². The predicted octanol–water partition coefficient (Wildman–Crippen LogP) is 1.58. The lowest BCUT2D eigenvalue weighted by Crippen LogP contribution is -2.38. The molecule has 3 rings (SSSR count). The van der Waals surface area contributed by atoms with E-state index in [1.165, 1.54) is 24.3 Å². The third-order valence-corrected chi connectivity index (χ3v) is 3.94. The number of aromatic nitrogens is 2. The van der Waals surface area contributed by atoms with E-state index in [0.717, 1.165) is 12.8 Å². The van der Waals surface area contributed by atoms with E-state index in [-0.39, 0.29) is 41.9 Å². The minimum Gasteiger partial charge on any atom is -0.354 e. The van der Waals surface area contributed by atoms with Crippen LogP contribution in [0.5, 0.6) is 0 Å². The van der Waals surface area contributed by atoms with Crippen LogP contribution in [0, 0.1) is 5.92 Å². The van der Waals surface area contributed by atoms with Crippen LogP contribution < -0.4 is 10.6 Å². The Morgan fingerprint density at radius 1 is 1.07 bits per heavy atom. The second-order valence-corrected chi connectivity index (χ2v) is 6.15. The molecule has 0 unspecified atom stereocenters. The standard InChI is InChI=1S/C17H15F3N4O4/c18-17(19,20)16-23-13(24-28-16)10-3-1-9(2-4-10)12(25)15(27)22-8-7-21-14(26)11-5-6-11/h1-4,11H,5-8H2,(H,21,26)(H,22,27). The van der Waals surface area contributed by atoms with E-state index in [1.807, 2.05) is 0 Å². The monoisotopic (exact) mass is 396 g/mol. The summed E-state index contributed by atoms with van der Waals surface area (Å²) < 4.78 is 41.6. The Labute approximate surface area is 156 Å². The first-order valence-corrected chi connectivity index (χ1v) is 8.37. The highest BCUT2D eigenvalue weighted by molar-refractivity contribution is 6.42. The van der Waals surface area contributed by atoms with Gasteiger partial charge in [0, 0.05) is 30.1 Å². The van der Waals surface area contributed by atoms with Crippen LogP contribution in [-0.4, -0.2) is 40.8 Å². The van der Waals surface area contributed by atoms with Gasteiger partial charge in [0.25, 0.3) is 5.91 Å². The van der Waals surface area contributed by atoms with E-state index in [2.05, 4.69) is 25.3 Å². The molecular weight excluding hydrogens is 381 g/mol. The molecular formula is C17H15F3N4O4. The topological polar surface area (TPSA) is 114 Å². The zero-order valence-electron chi connectivity index (χ0n) is 14.4. The molecule has 11 heteroatoms. The Bertz CT molecular complexity index is 889. The number of Topliss-reactive ketones (excluding diaryl/α,β-unsaturated/α-hetero) is 1. The number of hydrogen-bond donors (Lipinski definition) is 2. The largest absolute Gasteiger partial charge is 0.471 e. The van der Waals surface area contributed by atoms with Crippen LogP contribution in [0.3, 0.4) is 0 Å². The van der Waals surface area contributed by atoms with E-state index in [1.54, 1.807) is 0 Å². The minimum absolute atomic E-state index is 0.0443. The average molecular weight is 396 g/mol. The zero-order chi connectivity index (χ0) is 20.3. The molecule has 2 aromatic rings. The minimum atomic E-state index is -4.75.